The Balaban J connectivity index is 1.93. The lowest BCUT2D eigenvalue weighted by Crippen LogP contribution is -2.52. The molecular formula is C16H24ClN3O2. The number of carbonyl (C=O) groups is 1. The third kappa shape index (κ3) is 4.12. The molecule has 0 radical (unpaired) electrons. The fraction of sp³-hybridized carbons (Fsp3) is 0.562. The van der Waals surface area contributed by atoms with E-state index < -0.39 is 0 Å². The van der Waals surface area contributed by atoms with Crippen molar-refractivity contribution in [2.45, 2.75) is 25.9 Å². The van der Waals surface area contributed by atoms with Gasteiger partial charge in [0.1, 0.15) is 5.75 Å². The number of ether oxygens (including phenoxy) is 1. The quantitative estimate of drug-likeness (QED) is 0.895. The Labute approximate surface area is 137 Å². The van der Waals surface area contributed by atoms with Gasteiger partial charge in [0.05, 0.1) is 13.2 Å². The van der Waals surface area contributed by atoms with Gasteiger partial charge in [0.15, 0.2) is 0 Å². The lowest BCUT2D eigenvalue weighted by atomic mass is 10.1. The summed E-state index contributed by atoms with van der Waals surface area (Å²) in [5, 5.41) is 0.707. The minimum absolute atomic E-state index is 0.0579. The fourth-order valence-corrected chi connectivity index (χ4v) is 2.84. The molecule has 2 N–H and O–H groups in total. The van der Waals surface area contributed by atoms with E-state index in [2.05, 4.69) is 4.90 Å². The second-order valence-corrected chi connectivity index (χ2v) is 6.01. The Morgan fingerprint density at radius 3 is 2.64 bits per heavy atom. The van der Waals surface area contributed by atoms with Crippen LogP contribution in [0, 0.1) is 0 Å². The number of rotatable bonds is 5. The van der Waals surface area contributed by atoms with Crippen molar-refractivity contribution in [3.63, 3.8) is 0 Å². The van der Waals surface area contributed by atoms with E-state index in [0.29, 0.717) is 11.4 Å². The van der Waals surface area contributed by atoms with Crippen LogP contribution in [0.4, 0.5) is 0 Å². The number of hydrogen-bond acceptors (Lipinski definition) is 4. The van der Waals surface area contributed by atoms with Gasteiger partial charge >= 0.3 is 0 Å². The first kappa shape index (κ1) is 17.1. The number of hydrogen-bond donors (Lipinski definition) is 1. The molecular weight excluding hydrogens is 302 g/mol. The van der Waals surface area contributed by atoms with Crippen molar-refractivity contribution in [2.24, 2.45) is 5.73 Å². The first-order chi connectivity index (χ1) is 10.5. The van der Waals surface area contributed by atoms with Gasteiger partial charge in [-0.05, 0) is 24.6 Å². The molecule has 2 rings (SSSR count). The highest BCUT2D eigenvalue weighted by atomic mass is 35.5. The van der Waals surface area contributed by atoms with E-state index >= 15 is 0 Å². The minimum atomic E-state index is -0.375. The summed E-state index contributed by atoms with van der Waals surface area (Å²) in [5.41, 5.74) is 6.89. The van der Waals surface area contributed by atoms with Gasteiger partial charge in [0.2, 0.25) is 5.91 Å². The molecule has 0 spiro atoms. The zero-order valence-corrected chi connectivity index (χ0v) is 14.0. The van der Waals surface area contributed by atoms with Gasteiger partial charge in [-0.2, -0.15) is 0 Å². The summed E-state index contributed by atoms with van der Waals surface area (Å²) in [6.07, 6.45) is 0.679. The normalized spacial score (nSPS) is 17.4. The minimum Gasteiger partial charge on any atom is -0.496 e. The maximum Gasteiger partial charge on any atom is 0.239 e. The lowest BCUT2D eigenvalue weighted by molar-refractivity contribution is -0.134. The van der Waals surface area contributed by atoms with Crippen molar-refractivity contribution >= 4 is 17.5 Å². The molecule has 0 bridgehead atoms. The van der Waals surface area contributed by atoms with Crippen molar-refractivity contribution in [1.29, 1.82) is 0 Å². The van der Waals surface area contributed by atoms with Crippen molar-refractivity contribution in [1.82, 2.24) is 9.80 Å². The summed E-state index contributed by atoms with van der Waals surface area (Å²) >= 11 is 6.07. The number of halogens is 1. The summed E-state index contributed by atoms with van der Waals surface area (Å²) in [6, 6.07) is 5.27. The summed E-state index contributed by atoms with van der Waals surface area (Å²) < 4.78 is 5.38. The highest BCUT2D eigenvalue weighted by Crippen LogP contribution is 2.24. The number of nitrogens with two attached hydrogens (primary N) is 1. The molecule has 22 heavy (non-hydrogen) atoms. The molecule has 6 heteroatoms. The first-order valence-electron chi connectivity index (χ1n) is 7.64. The highest BCUT2D eigenvalue weighted by molar-refractivity contribution is 6.30. The van der Waals surface area contributed by atoms with Crippen molar-refractivity contribution < 1.29 is 9.53 Å². The first-order valence-corrected chi connectivity index (χ1v) is 8.02. The van der Waals surface area contributed by atoms with Crippen LogP contribution in [0.3, 0.4) is 0 Å². The van der Waals surface area contributed by atoms with Crippen molar-refractivity contribution in [2.75, 3.05) is 33.3 Å². The van der Waals surface area contributed by atoms with Gasteiger partial charge in [-0.3, -0.25) is 9.69 Å². The Morgan fingerprint density at radius 1 is 1.36 bits per heavy atom. The number of piperazine rings is 1. The molecule has 1 aliphatic heterocycles. The third-order valence-electron chi connectivity index (χ3n) is 4.08. The van der Waals surface area contributed by atoms with Crippen molar-refractivity contribution in [3.8, 4) is 5.75 Å². The SMILES string of the molecule is CC[C@H](N)C(=O)N1CCN(Cc2cc(Cl)ccc2OC)CC1. The molecule has 1 amide bonds. The van der Waals surface area contributed by atoms with Crippen LogP contribution in [0.15, 0.2) is 18.2 Å². The molecule has 0 unspecified atom stereocenters. The molecule has 5 nitrogen and oxygen atoms in total. The van der Waals surface area contributed by atoms with E-state index in [1.807, 2.05) is 30.0 Å². The Bertz CT molecular complexity index is 516. The van der Waals surface area contributed by atoms with Gasteiger partial charge in [-0.15, -0.1) is 0 Å². The third-order valence-corrected chi connectivity index (χ3v) is 4.31. The highest BCUT2D eigenvalue weighted by Gasteiger charge is 2.24. The maximum absolute atomic E-state index is 12.1. The molecule has 1 aliphatic rings. The summed E-state index contributed by atoms with van der Waals surface area (Å²) in [4.78, 5) is 16.2. The van der Waals surface area contributed by atoms with Crippen LogP contribution in [0.1, 0.15) is 18.9 Å². The standard InChI is InChI=1S/C16H24ClN3O2/c1-3-14(18)16(21)20-8-6-19(7-9-20)11-12-10-13(17)4-5-15(12)22-2/h4-5,10,14H,3,6-9,11,18H2,1-2H3/t14-/m0/s1. The monoisotopic (exact) mass is 325 g/mol. The second-order valence-electron chi connectivity index (χ2n) is 5.57. The van der Waals surface area contributed by atoms with E-state index in [9.17, 15) is 4.79 Å². The van der Waals surface area contributed by atoms with Crippen LogP contribution in [0.25, 0.3) is 0 Å². The number of nitrogens with zero attached hydrogens (tertiary/aromatic N) is 2. The summed E-state index contributed by atoms with van der Waals surface area (Å²) in [7, 11) is 1.66. The van der Waals surface area contributed by atoms with Crippen LogP contribution in [0.5, 0.6) is 5.75 Å². The molecule has 0 aliphatic carbocycles. The molecule has 0 aromatic heterocycles. The second kappa shape index (κ2) is 7.81. The molecule has 1 saturated heterocycles. The summed E-state index contributed by atoms with van der Waals surface area (Å²) in [5.74, 6) is 0.901. The van der Waals surface area contributed by atoms with E-state index in [0.717, 1.165) is 44.0 Å². The van der Waals surface area contributed by atoms with E-state index in [1.54, 1.807) is 7.11 Å². The van der Waals surface area contributed by atoms with Crippen molar-refractivity contribution in [3.05, 3.63) is 28.8 Å². The predicted molar refractivity (Wildman–Crippen MR) is 88.1 cm³/mol. The largest absolute Gasteiger partial charge is 0.496 e. The average molecular weight is 326 g/mol. The Kier molecular flexibility index (Phi) is 6.06. The molecule has 1 fully saturated rings. The van der Waals surface area contributed by atoms with Gasteiger partial charge in [-0.1, -0.05) is 18.5 Å². The topological polar surface area (TPSA) is 58.8 Å². The number of amides is 1. The van der Waals surface area contributed by atoms with Crippen LogP contribution in [-0.2, 0) is 11.3 Å². The van der Waals surface area contributed by atoms with Crippen LogP contribution in [-0.4, -0.2) is 55.0 Å². The smallest absolute Gasteiger partial charge is 0.239 e. The molecule has 0 saturated carbocycles. The average Bonchev–Trinajstić information content (AvgIpc) is 2.54. The van der Waals surface area contributed by atoms with E-state index in [1.165, 1.54) is 0 Å². The van der Waals surface area contributed by atoms with Gasteiger partial charge in [-0.25, -0.2) is 0 Å². The zero-order valence-electron chi connectivity index (χ0n) is 13.2. The van der Waals surface area contributed by atoms with E-state index in [-0.39, 0.29) is 11.9 Å². The maximum atomic E-state index is 12.1. The van der Waals surface area contributed by atoms with Crippen LogP contribution >= 0.6 is 11.6 Å². The Hall–Kier alpha value is -1.30. The molecule has 1 atom stereocenters. The zero-order chi connectivity index (χ0) is 16.1. The van der Waals surface area contributed by atoms with Crippen LogP contribution in [0.2, 0.25) is 5.02 Å². The van der Waals surface area contributed by atoms with Gasteiger partial charge < -0.3 is 15.4 Å². The molecule has 1 heterocycles. The molecule has 1 aromatic carbocycles. The lowest BCUT2D eigenvalue weighted by Gasteiger charge is -2.36. The number of methoxy groups -OCH3 is 1. The summed E-state index contributed by atoms with van der Waals surface area (Å²) in [6.45, 7) is 5.80. The van der Waals surface area contributed by atoms with Crippen LogP contribution < -0.4 is 10.5 Å². The predicted octanol–water partition coefficient (Wildman–Crippen LogP) is 1.73. The molecule has 122 valence electrons. The number of carbonyl (C=O) groups excluding carboxylic acids is 1. The van der Waals surface area contributed by atoms with Gasteiger partial charge in [0.25, 0.3) is 0 Å². The van der Waals surface area contributed by atoms with Gasteiger partial charge in [0, 0.05) is 43.3 Å². The number of benzene rings is 1. The van der Waals surface area contributed by atoms with E-state index in [4.69, 9.17) is 22.1 Å². The fourth-order valence-electron chi connectivity index (χ4n) is 2.65. The Morgan fingerprint density at radius 2 is 2.05 bits per heavy atom. The molecule has 1 aromatic rings.